The van der Waals surface area contributed by atoms with Gasteiger partial charge in [-0.15, -0.1) is 0 Å². The van der Waals surface area contributed by atoms with E-state index in [1.54, 1.807) is 51.4 Å². The molecule has 2 aromatic carbocycles. The van der Waals surface area contributed by atoms with Crippen LogP contribution in [0, 0.1) is 0 Å². The molecule has 0 amide bonds. The van der Waals surface area contributed by atoms with Crippen molar-refractivity contribution in [3.8, 4) is 22.4 Å². The number of H-pyrrole nitrogens is 1. The SMILES string of the molecule is COCc1ccccc1-c1c[nH]c2ncc(-c3ccc(S(=O)(=O)C(C)C)cc3)nc12.[HH]. The molecule has 6 nitrogen and oxygen atoms in total. The number of benzene rings is 2. The molecular weight excluding hydrogens is 398 g/mol. The van der Waals surface area contributed by atoms with Crippen molar-refractivity contribution in [1.82, 2.24) is 15.0 Å². The number of methoxy groups -OCH3 is 1. The van der Waals surface area contributed by atoms with Crippen LogP contribution in [0.25, 0.3) is 33.5 Å². The van der Waals surface area contributed by atoms with Crippen molar-refractivity contribution in [2.45, 2.75) is 30.6 Å². The molecule has 0 spiro atoms. The number of nitrogens with one attached hydrogen (secondary N) is 1. The van der Waals surface area contributed by atoms with E-state index in [4.69, 9.17) is 9.72 Å². The third-order valence-electron chi connectivity index (χ3n) is 5.09. The second-order valence-electron chi connectivity index (χ2n) is 7.36. The molecule has 2 aromatic heterocycles. The van der Waals surface area contributed by atoms with Crippen LogP contribution in [0.2, 0.25) is 0 Å². The van der Waals surface area contributed by atoms with Gasteiger partial charge < -0.3 is 9.72 Å². The molecule has 0 saturated carbocycles. The molecule has 0 bridgehead atoms. The average Bonchev–Trinajstić information content (AvgIpc) is 3.17. The van der Waals surface area contributed by atoms with Crippen LogP contribution in [0.1, 0.15) is 20.8 Å². The zero-order valence-electron chi connectivity index (χ0n) is 17.1. The zero-order valence-corrected chi connectivity index (χ0v) is 17.9. The number of hydrogen-bond donors (Lipinski definition) is 1. The second kappa shape index (κ2) is 8.01. The summed E-state index contributed by atoms with van der Waals surface area (Å²) < 4.78 is 30.1. The number of fused-ring (bicyclic) bond motifs is 1. The summed E-state index contributed by atoms with van der Waals surface area (Å²) in [7, 11) is -1.63. The number of sulfone groups is 1. The average molecular weight is 424 g/mol. The normalized spacial score (nSPS) is 12.0. The lowest BCUT2D eigenvalue weighted by Gasteiger charge is -2.09. The molecule has 0 aliphatic rings. The van der Waals surface area contributed by atoms with Crippen molar-refractivity contribution in [2.24, 2.45) is 0 Å². The molecule has 0 unspecified atom stereocenters. The first-order valence-corrected chi connectivity index (χ1v) is 11.2. The summed E-state index contributed by atoms with van der Waals surface area (Å²) in [6.45, 7) is 3.86. The summed E-state index contributed by atoms with van der Waals surface area (Å²) in [4.78, 5) is 12.8. The summed E-state index contributed by atoms with van der Waals surface area (Å²) in [5.74, 6) is 0. The van der Waals surface area contributed by atoms with Crippen molar-refractivity contribution >= 4 is 21.0 Å². The molecule has 0 fully saturated rings. The van der Waals surface area contributed by atoms with Gasteiger partial charge in [0.1, 0.15) is 5.52 Å². The largest absolute Gasteiger partial charge is 0.380 e. The van der Waals surface area contributed by atoms with Gasteiger partial charge in [-0.25, -0.2) is 18.4 Å². The fourth-order valence-corrected chi connectivity index (χ4v) is 4.45. The van der Waals surface area contributed by atoms with E-state index in [0.29, 0.717) is 22.8 Å². The molecule has 0 radical (unpaired) electrons. The molecule has 0 atom stereocenters. The van der Waals surface area contributed by atoms with Crippen molar-refractivity contribution in [3.63, 3.8) is 0 Å². The lowest BCUT2D eigenvalue weighted by Crippen LogP contribution is -2.13. The van der Waals surface area contributed by atoms with Gasteiger partial charge in [0.2, 0.25) is 0 Å². The molecule has 2 heterocycles. The summed E-state index contributed by atoms with van der Waals surface area (Å²) in [5.41, 5.74) is 6.00. The second-order valence-corrected chi connectivity index (χ2v) is 9.87. The van der Waals surface area contributed by atoms with Crippen LogP contribution in [0.5, 0.6) is 0 Å². The molecule has 4 aromatic rings. The highest BCUT2D eigenvalue weighted by atomic mass is 32.2. The Labute approximate surface area is 177 Å². The van der Waals surface area contributed by atoms with Gasteiger partial charge in [-0.3, -0.25) is 0 Å². The van der Waals surface area contributed by atoms with Crippen molar-refractivity contribution < 1.29 is 14.6 Å². The van der Waals surface area contributed by atoms with Crippen molar-refractivity contribution in [1.29, 1.82) is 0 Å². The van der Waals surface area contributed by atoms with Crippen LogP contribution in [-0.4, -0.2) is 35.7 Å². The van der Waals surface area contributed by atoms with Crippen LogP contribution in [0.3, 0.4) is 0 Å². The summed E-state index contributed by atoms with van der Waals surface area (Å²) in [5, 5.41) is -0.464. The van der Waals surface area contributed by atoms with Gasteiger partial charge in [0.15, 0.2) is 15.5 Å². The number of aromatic amines is 1. The van der Waals surface area contributed by atoms with Gasteiger partial charge in [0, 0.05) is 25.9 Å². The molecule has 1 N–H and O–H groups in total. The van der Waals surface area contributed by atoms with Crippen LogP contribution in [-0.2, 0) is 21.2 Å². The molecule has 30 heavy (non-hydrogen) atoms. The van der Waals surface area contributed by atoms with Gasteiger partial charge in [-0.1, -0.05) is 36.4 Å². The lowest BCUT2D eigenvalue weighted by molar-refractivity contribution is 0.185. The van der Waals surface area contributed by atoms with E-state index in [2.05, 4.69) is 9.97 Å². The molecule has 7 heteroatoms. The predicted molar refractivity (Wildman–Crippen MR) is 120 cm³/mol. The molecule has 4 rings (SSSR count). The van der Waals surface area contributed by atoms with E-state index < -0.39 is 15.1 Å². The minimum absolute atomic E-state index is 0. The predicted octanol–water partition coefficient (Wildman–Crippen LogP) is 4.87. The Bertz CT molecular complexity index is 1300. The van der Waals surface area contributed by atoms with Crippen LogP contribution in [0.15, 0.2) is 65.8 Å². The fraction of sp³-hybridized carbons (Fsp3) is 0.217. The zero-order chi connectivity index (χ0) is 21.3. The van der Waals surface area contributed by atoms with E-state index in [-0.39, 0.29) is 1.43 Å². The summed E-state index contributed by atoms with van der Waals surface area (Å²) >= 11 is 0. The smallest absolute Gasteiger partial charge is 0.180 e. The third-order valence-corrected chi connectivity index (χ3v) is 7.26. The van der Waals surface area contributed by atoms with Gasteiger partial charge >= 0.3 is 0 Å². The van der Waals surface area contributed by atoms with Crippen molar-refractivity contribution in [3.05, 3.63) is 66.5 Å². The minimum atomic E-state index is -3.31. The third kappa shape index (κ3) is 3.62. The highest BCUT2D eigenvalue weighted by Crippen LogP contribution is 2.31. The maximum Gasteiger partial charge on any atom is 0.180 e. The molecule has 0 saturated heterocycles. The molecule has 156 valence electrons. The molecular formula is C23H25N3O3S. The highest BCUT2D eigenvalue weighted by molar-refractivity contribution is 7.92. The Hall–Kier alpha value is -3.03. The highest BCUT2D eigenvalue weighted by Gasteiger charge is 2.19. The minimum Gasteiger partial charge on any atom is -0.380 e. The maximum absolute atomic E-state index is 12.4. The summed E-state index contributed by atoms with van der Waals surface area (Å²) in [6, 6.07) is 14.8. The van der Waals surface area contributed by atoms with Gasteiger partial charge in [-0.2, -0.15) is 0 Å². The van der Waals surface area contributed by atoms with Gasteiger partial charge in [-0.05, 0) is 37.1 Å². The fourth-order valence-electron chi connectivity index (χ4n) is 3.39. The Balaban J connectivity index is 0.00000272. The van der Waals surface area contributed by atoms with Crippen LogP contribution in [0.4, 0.5) is 0 Å². The van der Waals surface area contributed by atoms with E-state index >= 15 is 0 Å². The number of aromatic nitrogens is 3. The lowest BCUT2D eigenvalue weighted by atomic mass is 10.0. The Morgan fingerprint density at radius 2 is 1.80 bits per heavy atom. The Morgan fingerprint density at radius 3 is 2.50 bits per heavy atom. The number of hydrogen-bond acceptors (Lipinski definition) is 5. The van der Waals surface area contributed by atoms with Crippen molar-refractivity contribution in [2.75, 3.05) is 7.11 Å². The first-order valence-electron chi connectivity index (χ1n) is 9.67. The van der Waals surface area contributed by atoms with E-state index in [9.17, 15) is 8.42 Å². The standard InChI is InChI=1S/C23H23N3O3S.H2/c1-15(2)30(27,28)18-10-8-16(9-11-18)21-13-25-23-22(26-21)20(12-24-23)19-7-5-4-6-17(19)14-29-3;/h4-13,15H,14H2,1-3H3,(H,24,25);1H. The number of rotatable bonds is 6. The number of nitrogens with zero attached hydrogens (tertiary/aromatic N) is 2. The van der Waals surface area contributed by atoms with Crippen LogP contribution >= 0.6 is 0 Å². The van der Waals surface area contributed by atoms with Gasteiger partial charge in [0.05, 0.1) is 28.6 Å². The first kappa shape index (κ1) is 20.3. The molecule has 0 aliphatic carbocycles. The van der Waals surface area contributed by atoms with E-state index in [1.807, 2.05) is 30.5 Å². The maximum atomic E-state index is 12.4. The number of ether oxygens (including phenoxy) is 1. The first-order chi connectivity index (χ1) is 14.4. The van der Waals surface area contributed by atoms with Gasteiger partial charge in [0.25, 0.3) is 0 Å². The Morgan fingerprint density at radius 1 is 1.07 bits per heavy atom. The Kier molecular flexibility index (Phi) is 5.40. The van der Waals surface area contributed by atoms with Crippen LogP contribution < -0.4 is 0 Å². The quantitative estimate of drug-likeness (QED) is 0.478. The van der Waals surface area contributed by atoms with E-state index in [1.165, 1.54) is 0 Å². The summed E-state index contributed by atoms with van der Waals surface area (Å²) in [6.07, 6.45) is 3.59. The molecule has 0 aliphatic heterocycles. The van der Waals surface area contributed by atoms with E-state index in [0.717, 1.165) is 27.8 Å². The monoisotopic (exact) mass is 423 g/mol. The topological polar surface area (TPSA) is 84.9 Å².